The lowest BCUT2D eigenvalue weighted by Crippen LogP contribution is -2.26. The predicted octanol–water partition coefficient (Wildman–Crippen LogP) is 3.70. The van der Waals surface area contributed by atoms with Gasteiger partial charge in [-0.15, -0.1) is 0 Å². The second-order valence-electron chi connectivity index (χ2n) is 5.96. The van der Waals surface area contributed by atoms with Crippen LogP contribution in [0, 0.1) is 5.82 Å². The van der Waals surface area contributed by atoms with Crippen molar-refractivity contribution in [1.82, 2.24) is 10.3 Å². The first-order valence-electron chi connectivity index (χ1n) is 8.11. The molecule has 0 aliphatic heterocycles. The van der Waals surface area contributed by atoms with Crippen LogP contribution in [0.2, 0.25) is 0 Å². The number of nitrogens with two attached hydrogens (primary N) is 1. The van der Waals surface area contributed by atoms with E-state index in [0.717, 1.165) is 19.3 Å². The van der Waals surface area contributed by atoms with Crippen molar-refractivity contribution in [2.24, 2.45) is 0 Å². The largest absolute Gasteiger partial charge is 0.397 e. The van der Waals surface area contributed by atoms with Crippen LogP contribution >= 0.6 is 0 Å². The van der Waals surface area contributed by atoms with E-state index in [-0.39, 0.29) is 11.5 Å². The molecule has 0 saturated carbocycles. The Morgan fingerprint density at radius 2 is 2.17 bits per heavy atom. The molecule has 2 aromatic rings. The van der Waals surface area contributed by atoms with Gasteiger partial charge in [0.05, 0.1) is 11.4 Å². The number of amides is 1. The van der Waals surface area contributed by atoms with Gasteiger partial charge in [-0.1, -0.05) is 11.6 Å². The van der Waals surface area contributed by atoms with Gasteiger partial charge in [-0.3, -0.25) is 9.78 Å². The average molecular weight is 325 g/mol. The first kappa shape index (κ1) is 16.2. The minimum Gasteiger partial charge on any atom is -0.397 e. The lowest BCUT2D eigenvalue weighted by molar-refractivity contribution is 0.0956. The molecule has 1 aromatic heterocycles. The lowest BCUT2D eigenvalue weighted by Gasteiger charge is -2.14. The van der Waals surface area contributed by atoms with Gasteiger partial charge in [-0.25, -0.2) is 4.39 Å². The van der Waals surface area contributed by atoms with Crippen molar-refractivity contribution in [3.8, 4) is 11.3 Å². The SMILES string of the molecule is Nc1cccnc1-c1cc(F)cc(C(=O)NCC2=CCCCC2)c1. The number of nitrogen functional groups attached to an aromatic ring is 1. The first-order valence-corrected chi connectivity index (χ1v) is 8.11. The van der Waals surface area contributed by atoms with Crippen LogP contribution in [0.25, 0.3) is 11.3 Å². The normalized spacial score (nSPS) is 14.1. The molecule has 124 valence electrons. The number of carbonyl (C=O) groups is 1. The molecule has 1 heterocycles. The van der Waals surface area contributed by atoms with Crippen LogP contribution in [0.1, 0.15) is 36.0 Å². The highest BCUT2D eigenvalue weighted by atomic mass is 19.1. The van der Waals surface area contributed by atoms with Crippen molar-refractivity contribution < 1.29 is 9.18 Å². The topological polar surface area (TPSA) is 68.0 Å². The summed E-state index contributed by atoms with van der Waals surface area (Å²) in [6, 6.07) is 7.59. The molecular formula is C19H20FN3O. The summed E-state index contributed by atoms with van der Waals surface area (Å²) < 4.78 is 13.9. The summed E-state index contributed by atoms with van der Waals surface area (Å²) in [6.45, 7) is 0.510. The van der Waals surface area contributed by atoms with Gasteiger partial charge in [0, 0.05) is 23.9 Å². The molecule has 0 unspecified atom stereocenters. The Labute approximate surface area is 140 Å². The van der Waals surface area contributed by atoms with E-state index in [4.69, 9.17) is 5.73 Å². The summed E-state index contributed by atoms with van der Waals surface area (Å²) in [7, 11) is 0. The Morgan fingerprint density at radius 1 is 1.29 bits per heavy atom. The van der Waals surface area contributed by atoms with E-state index in [1.807, 2.05) is 0 Å². The number of benzene rings is 1. The number of hydrogen-bond acceptors (Lipinski definition) is 3. The molecule has 3 rings (SSSR count). The minimum absolute atomic E-state index is 0.270. The van der Waals surface area contributed by atoms with Crippen LogP contribution in [-0.2, 0) is 0 Å². The number of hydrogen-bond donors (Lipinski definition) is 2. The number of rotatable bonds is 4. The van der Waals surface area contributed by atoms with Gasteiger partial charge in [-0.05, 0) is 56.0 Å². The van der Waals surface area contributed by atoms with Crippen LogP contribution in [0.15, 0.2) is 48.2 Å². The number of nitrogens with zero attached hydrogens (tertiary/aromatic N) is 1. The molecule has 0 radical (unpaired) electrons. The molecule has 3 N–H and O–H groups in total. The zero-order valence-electron chi connectivity index (χ0n) is 13.4. The van der Waals surface area contributed by atoms with Crippen LogP contribution in [0.5, 0.6) is 0 Å². The van der Waals surface area contributed by atoms with E-state index in [2.05, 4.69) is 16.4 Å². The third kappa shape index (κ3) is 3.79. The highest BCUT2D eigenvalue weighted by molar-refractivity contribution is 5.95. The van der Waals surface area contributed by atoms with Gasteiger partial charge in [0.15, 0.2) is 0 Å². The summed E-state index contributed by atoms with van der Waals surface area (Å²) in [6.07, 6.45) is 8.20. The van der Waals surface area contributed by atoms with Crippen molar-refractivity contribution in [1.29, 1.82) is 0 Å². The number of carbonyl (C=O) groups excluding carboxylic acids is 1. The zero-order valence-corrected chi connectivity index (χ0v) is 13.4. The molecule has 0 saturated heterocycles. The van der Waals surface area contributed by atoms with E-state index >= 15 is 0 Å². The maximum atomic E-state index is 13.9. The summed E-state index contributed by atoms with van der Waals surface area (Å²) in [5.74, 6) is -0.781. The van der Waals surface area contributed by atoms with Gasteiger partial charge in [-0.2, -0.15) is 0 Å². The van der Waals surface area contributed by atoms with E-state index in [0.29, 0.717) is 23.5 Å². The van der Waals surface area contributed by atoms with Gasteiger partial charge in [0.25, 0.3) is 5.91 Å². The highest BCUT2D eigenvalue weighted by Crippen LogP contribution is 2.25. The third-order valence-electron chi connectivity index (χ3n) is 4.13. The lowest BCUT2D eigenvalue weighted by atomic mass is 9.99. The number of aromatic nitrogens is 1. The van der Waals surface area contributed by atoms with Gasteiger partial charge >= 0.3 is 0 Å². The Balaban J connectivity index is 1.79. The van der Waals surface area contributed by atoms with Crippen molar-refractivity contribution in [3.05, 3.63) is 59.6 Å². The maximum absolute atomic E-state index is 13.9. The van der Waals surface area contributed by atoms with E-state index in [9.17, 15) is 9.18 Å². The number of allylic oxidation sites excluding steroid dienone is 1. The fourth-order valence-corrected chi connectivity index (χ4v) is 2.88. The molecule has 1 aliphatic carbocycles. The zero-order chi connectivity index (χ0) is 16.9. The van der Waals surface area contributed by atoms with Crippen LogP contribution in [0.3, 0.4) is 0 Å². The Kier molecular flexibility index (Phi) is 4.89. The predicted molar refractivity (Wildman–Crippen MR) is 92.9 cm³/mol. The van der Waals surface area contributed by atoms with Crippen molar-refractivity contribution in [2.45, 2.75) is 25.7 Å². The second kappa shape index (κ2) is 7.25. The van der Waals surface area contributed by atoms with E-state index in [1.54, 1.807) is 24.4 Å². The average Bonchev–Trinajstić information content (AvgIpc) is 2.60. The number of nitrogens with one attached hydrogen (secondary N) is 1. The maximum Gasteiger partial charge on any atom is 0.251 e. The van der Waals surface area contributed by atoms with Crippen LogP contribution in [0.4, 0.5) is 10.1 Å². The molecule has 0 bridgehead atoms. The summed E-state index contributed by atoms with van der Waals surface area (Å²) in [5, 5.41) is 2.86. The first-order chi connectivity index (χ1) is 11.6. The van der Waals surface area contributed by atoms with E-state index < -0.39 is 5.82 Å². The Morgan fingerprint density at radius 3 is 2.92 bits per heavy atom. The summed E-state index contributed by atoms with van der Waals surface area (Å²) >= 11 is 0. The van der Waals surface area contributed by atoms with Gasteiger partial charge in [0.1, 0.15) is 5.82 Å². The summed E-state index contributed by atoms with van der Waals surface area (Å²) in [5.41, 5.74) is 8.81. The van der Waals surface area contributed by atoms with E-state index in [1.165, 1.54) is 24.1 Å². The van der Waals surface area contributed by atoms with Crippen LogP contribution in [-0.4, -0.2) is 17.4 Å². The van der Waals surface area contributed by atoms with Crippen molar-refractivity contribution in [2.75, 3.05) is 12.3 Å². The second-order valence-corrected chi connectivity index (χ2v) is 5.96. The molecule has 0 spiro atoms. The molecule has 1 aliphatic rings. The number of pyridine rings is 1. The Hall–Kier alpha value is -2.69. The molecule has 5 heteroatoms. The fourth-order valence-electron chi connectivity index (χ4n) is 2.88. The number of halogens is 1. The van der Waals surface area contributed by atoms with Crippen molar-refractivity contribution in [3.63, 3.8) is 0 Å². The molecule has 4 nitrogen and oxygen atoms in total. The monoisotopic (exact) mass is 325 g/mol. The summed E-state index contributed by atoms with van der Waals surface area (Å²) in [4.78, 5) is 16.5. The smallest absolute Gasteiger partial charge is 0.251 e. The molecule has 0 atom stereocenters. The molecular weight excluding hydrogens is 305 g/mol. The van der Waals surface area contributed by atoms with Crippen LogP contribution < -0.4 is 11.1 Å². The molecule has 24 heavy (non-hydrogen) atoms. The molecule has 1 aromatic carbocycles. The highest BCUT2D eigenvalue weighted by Gasteiger charge is 2.13. The number of anilines is 1. The molecule has 1 amide bonds. The van der Waals surface area contributed by atoms with Gasteiger partial charge in [0.2, 0.25) is 0 Å². The fraction of sp³-hybridized carbons (Fsp3) is 0.263. The minimum atomic E-state index is -0.486. The Bertz CT molecular complexity index is 786. The van der Waals surface area contributed by atoms with Gasteiger partial charge < -0.3 is 11.1 Å². The standard InChI is InChI=1S/C19H20FN3O/c20-16-10-14(18-17(21)7-4-8-22-18)9-15(11-16)19(24)23-12-13-5-2-1-3-6-13/h4-5,7-11H,1-3,6,12,21H2,(H,23,24). The third-order valence-corrected chi connectivity index (χ3v) is 4.13. The molecule has 0 fully saturated rings. The van der Waals surface area contributed by atoms with Crippen molar-refractivity contribution >= 4 is 11.6 Å². The quantitative estimate of drug-likeness (QED) is 0.842.